The zero-order chi connectivity index (χ0) is 15.4. The van der Waals surface area contributed by atoms with E-state index in [0.717, 1.165) is 37.7 Å². The summed E-state index contributed by atoms with van der Waals surface area (Å²) in [5.41, 5.74) is 7.56. The molecule has 1 saturated carbocycles. The van der Waals surface area contributed by atoms with Gasteiger partial charge in [-0.3, -0.25) is 4.79 Å². The van der Waals surface area contributed by atoms with Crippen molar-refractivity contribution < 1.29 is 14.3 Å². The van der Waals surface area contributed by atoms with Crippen LogP contribution in [0.2, 0.25) is 0 Å². The lowest BCUT2D eigenvalue weighted by atomic mass is 9.94. The van der Waals surface area contributed by atoms with E-state index in [9.17, 15) is 9.59 Å². The molecular formula is C15H22N2O3S. The van der Waals surface area contributed by atoms with Crippen LogP contribution in [0.15, 0.2) is 5.38 Å². The Balaban J connectivity index is 2.15. The Morgan fingerprint density at radius 1 is 1.33 bits per heavy atom. The van der Waals surface area contributed by atoms with E-state index in [1.165, 1.54) is 18.4 Å². The summed E-state index contributed by atoms with van der Waals surface area (Å²) < 4.78 is 4.75. The van der Waals surface area contributed by atoms with Crippen molar-refractivity contribution in [3.8, 4) is 0 Å². The lowest BCUT2D eigenvalue weighted by molar-refractivity contribution is -0.120. The number of amides is 1. The maximum atomic E-state index is 12.5. The van der Waals surface area contributed by atoms with Crippen molar-refractivity contribution in [1.29, 1.82) is 0 Å². The molecule has 1 aliphatic carbocycles. The highest BCUT2D eigenvalue weighted by Gasteiger charge is 2.28. The Bertz CT molecular complexity index is 527. The molecule has 1 amide bonds. The van der Waals surface area contributed by atoms with Crippen LogP contribution in [-0.2, 0) is 9.53 Å². The van der Waals surface area contributed by atoms with Gasteiger partial charge in [-0.2, -0.15) is 0 Å². The van der Waals surface area contributed by atoms with Crippen LogP contribution in [0, 0.1) is 12.8 Å². The normalized spacial score (nSPS) is 22.4. The largest absolute Gasteiger partial charge is 0.465 e. The van der Waals surface area contributed by atoms with E-state index in [4.69, 9.17) is 10.5 Å². The Hall–Kier alpha value is -1.40. The highest BCUT2D eigenvalue weighted by Crippen LogP contribution is 2.30. The van der Waals surface area contributed by atoms with Crippen molar-refractivity contribution in [1.82, 2.24) is 0 Å². The van der Waals surface area contributed by atoms with Crippen LogP contribution >= 0.6 is 11.3 Å². The summed E-state index contributed by atoms with van der Waals surface area (Å²) >= 11 is 1.28. The molecule has 21 heavy (non-hydrogen) atoms. The van der Waals surface area contributed by atoms with Crippen molar-refractivity contribution in [3.63, 3.8) is 0 Å². The predicted octanol–water partition coefficient (Wildman–Crippen LogP) is 2.69. The molecule has 0 spiro atoms. The fraction of sp³-hybridized carbons (Fsp3) is 0.600. The number of ether oxygens (including phenoxy) is 1. The third-order valence-electron chi connectivity index (χ3n) is 4.00. The Morgan fingerprint density at radius 3 is 2.76 bits per heavy atom. The standard InChI is InChI=1S/C15H22N2O3S/c1-9-8-21-13(15(19)20-2)12(9)17-14(18)10-6-4-3-5-7-11(10)16/h8,10-11H,3-7,16H2,1-2H3,(H,17,18). The van der Waals surface area contributed by atoms with Crippen molar-refractivity contribution in [2.24, 2.45) is 11.7 Å². The summed E-state index contributed by atoms with van der Waals surface area (Å²) in [5.74, 6) is -0.693. The number of hydrogen-bond donors (Lipinski definition) is 2. The summed E-state index contributed by atoms with van der Waals surface area (Å²) in [6.07, 6.45) is 4.92. The minimum atomic E-state index is -0.423. The number of anilines is 1. The number of hydrogen-bond acceptors (Lipinski definition) is 5. The summed E-state index contributed by atoms with van der Waals surface area (Å²) in [5, 5.41) is 4.73. The summed E-state index contributed by atoms with van der Waals surface area (Å²) in [6, 6.07) is -0.104. The van der Waals surface area contributed by atoms with Crippen molar-refractivity contribution >= 4 is 28.9 Å². The Morgan fingerprint density at radius 2 is 2.05 bits per heavy atom. The smallest absolute Gasteiger partial charge is 0.350 e. The van der Waals surface area contributed by atoms with Gasteiger partial charge in [0.15, 0.2) is 0 Å². The molecule has 1 aromatic rings. The minimum absolute atomic E-state index is 0.0870. The number of nitrogens with one attached hydrogen (secondary N) is 1. The van der Waals surface area contributed by atoms with E-state index in [-0.39, 0.29) is 17.9 Å². The van der Waals surface area contributed by atoms with E-state index >= 15 is 0 Å². The Labute approximate surface area is 128 Å². The van der Waals surface area contributed by atoms with Crippen LogP contribution in [0.4, 0.5) is 5.69 Å². The lowest BCUT2D eigenvalue weighted by Gasteiger charge is -2.20. The number of rotatable bonds is 3. The van der Waals surface area contributed by atoms with E-state index in [0.29, 0.717) is 10.6 Å². The summed E-state index contributed by atoms with van der Waals surface area (Å²) in [4.78, 5) is 24.7. The molecule has 2 atom stereocenters. The first-order valence-corrected chi connectivity index (χ1v) is 8.15. The quantitative estimate of drug-likeness (QED) is 0.664. The molecule has 3 N–H and O–H groups in total. The van der Waals surface area contributed by atoms with Gasteiger partial charge in [0.1, 0.15) is 4.88 Å². The monoisotopic (exact) mass is 310 g/mol. The van der Waals surface area contributed by atoms with E-state index in [2.05, 4.69) is 5.32 Å². The van der Waals surface area contributed by atoms with Crippen LogP contribution in [0.25, 0.3) is 0 Å². The number of nitrogens with two attached hydrogens (primary N) is 1. The van der Waals surface area contributed by atoms with E-state index in [1.54, 1.807) is 0 Å². The highest BCUT2D eigenvalue weighted by molar-refractivity contribution is 7.12. The molecule has 5 nitrogen and oxygen atoms in total. The zero-order valence-electron chi connectivity index (χ0n) is 12.5. The van der Waals surface area contributed by atoms with Gasteiger partial charge >= 0.3 is 5.97 Å². The first-order valence-electron chi connectivity index (χ1n) is 7.27. The molecule has 0 radical (unpaired) electrons. The van der Waals surface area contributed by atoms with Crippen LogP contribution in [-0.4, -0.2) is 25.0 Å². The zero-order valence-corrected chi connectivity index (χ0v) is 13.3. The maximum Gasteiger partial charge on any atom is 0.350 e. The minimum Gasteiger partial charge on any atom is -0.465 e. The molecule has 0 aromatic carbocycles. The molecule has 1 fully saturated rings. The molecule has 2 unspecified atom stereocenters. The number of carbonyl (C=O) groups is 2. The van der Waals surface area contributed by atoms with Gasteiger partial charge in [-0.1, -0.05) is 19.3 Å². The second kappa shape index (κ2) is 7.04. The number of methoxy groups -OCH3 is 1. The third-order valence-corrected chi connectivity index (χ3v) is 5.08. The summed E-state index contributed by atoms with van der Waals surface area (Å²) in [7, 11) is 1.34. The topological polar surface area (TPSA) is 81.4 Å². The van der Waals surface area contributed by atoms with E-state index in [1.807, 2.05) is 12.3 Å². The molecule has 1 aromatic heterocycles. The van der Waals surface area contributed by atoms with Crippen molar-refractivity contribution in [3.05, 3.63) is 15.8 Å². The fourth-order valence-corrected chi connectivity index (χ4v) is 3.64. The molecule has 0 saturated heterocycles. The van der Waals surface area contributed by atoms with Gasteiger partial charge in [0.2, 0.25) is 5.91 Å². The molecule has 6 heteroatoms. The van der Waals surface area contributed by atoms with Gasteiger partial charge in [0.05, 0.1) is 18.7 Å². The number of esters is 1. The number of aryl methyl sites for hydroxylation is 1. The average molecular weight is 310 g/mol. The van der Waals surface area contributed by atoms with Crippen molar-refractivity contribution in [2.45, 2.75) is 45.1 Å². The highest BCUT2D eigenvalue weighted by atomic mass is 32.1. The van der Waals surface area contributed by atoms with Gasteiger partial charge in [-0.25, -0.2) is 4.79 Å². The first-order chi connectivity index (χ1) is 10.0. The van der Waals surface area contributed by atoms with Gasteiger partial charge < -0.3 is 15.8 Å². The number of carbonyl (C=O) groups excluding carboxylic acids is 2. The van der Waals surface area contributed by atoms with Crippen LogP contribution < -0.4 is 11.1 Å². The van der Waals surface area contributed by atoms with Crippen molar-refractivity contribution in [2.75, 3.05) is 12.4 Å². The predicted molar refractivity (Wildman–Crippen MR) is 83.6 cm³/mol. The maximum absolute atomic E-state index is 12.5. The second-order valence-electron chi connectivity index (χ2n) is 5.51. The van der Waals surface area contributed by atoms with Gasteiger partial charge in [-0.15, -0.1) is 11.3 Å². The van der Waals surface area contributed by atoms with Crippen LogP contribution in [0.3, 0.4) is 0 Å². The Kier molecular flexibility index (Phi) is 5.36. The van der Waals surface area contributed by atoms with Gasteiger partial charge in [0.25, 0.3) is 0 Å². The van der Waals surface area contributed by atoms with Crippen LogP contribution in [0.5, 0.6) is 0 Å². The number of thiophene rings is 1. The fourth-order valence-electron chi connectivity index (χ4n) is 2.72. The summed E-state index contributed by atoms with van der Waals surface area (Å²) in [6.45, 7) is 1.87. The molecule has 1 aliphatic rings. The second-order valence-corrected chi connectivity index (χ2v) is 6.39. The molecule has 2 rings (SSSR count). The molecule has 116 valence electrons. The first kappa shape index (κ1) is 16.0. The molecular weight excluding hydrogens is 288 g/mol. The van der Waals surface area contributed by atoms with E-state index < -0.39 is 5.97 Å². The SMILES string of the molecule is COC(=O)c1scc(C)c1NC(=O)C1CCCCCC1N. The molecule has 1 heterocycles. The van der Waals surface area contributed by atoms with Gasteiger partial charge in [0, 0.05) is 6.04 Å². The van der Waals surface area contributed by atoms with Crippen LogP contribution in [0.1, 0.15) is 47.3 Å². The lowest BCUT2D eigenvalue weighted by Crippen LogP contribution is -2.38. The average Bonchev–Trinajstić information content (AvgIpc) is 2.69. The molecule has 0 aliphatic heterocycles. The molecule has 0 bridgehead atoms. The third kappa shape index (κ3) is 3.63. The van der Waals surface area contributed by atoms with Gasteiger partial charge in [-0.05, 0) is 30.7 Å².